The number of hydrogen-bond donors (Lipinski definition) is 0. The van der Waals surface area contributed by atoms with Crippen LogP contribution in [0.4, 0.5) is 17.1 Å². The van der Waals surface area contributed by atoms with E-state index in [1.165, 1.54) is 93.8 Å². The largest absolute Gasteiger partial charge is 0.375 e. The van der Waals surface area contributed by atoms with E-state index in [9.17, 15) is 0 Å². The van der Waals surface area contributed by atoms with Crippen molar-refractivity contribution in [1.29, 1.82) is 0 Å². The fourth-order valence-corrected chi connectivity index (χ4v) is 8.88. The van der Waals surface area contributed by atoms with Crippen molar-refractivity contribution in [3.63, 3.8) is 0 Å². The van der Waals surface area contributed by atoms with Crippen molar-refractivity contribution in [1.82, 2.24) is 4.48 Å². The van der Waals surface area contributed by atoms with Crippen molar-refractivity contribution in [2.45, 2.75) is 6.92 Å². The van der Waals surface area contributed by atoms with Gasteiger partial charge in [-0.1, -0.05) is 140 Å². The molecule has 0 amide bonds. The predicted octanol–water partition coefficient (Wildman–Crippen LogP) is 11.0. The van der Waals surface area contributed by atoms with E-state index in [0.29, 0.717) is 0 Å². The first-order chi connectivity index (χ1) is 24.7. The summed E-state index contributed by atoms with van der Waals surface area (Å²) in [7, 11) is 0. The zero-order chi connectivity index (χ0) is 32.9. The van der Waals surface area contributed by atoms with Crippen molar-refractivity contribution in [2.75, 3.05) is 4.90 Å². The summed E-state index contributed by atoms with van der Waals surface area (Å²) in [5.41, 5.74) is 17.7. The van der Waals surface area contributed by atoms with Crippen LogP contribution in [-0.2, 0) is 0 Å². The molecule has 2 aliphatic rings. The second-order valence-electron chi connectivity index (χ2n) is 13.8. The molecular weight excluding hydrogens is 603 g/mol. The zero-order valence-electron chi connectivity index (χ0n) is 27.6. The standard InChI is InChI=1S/C47H31BN2/c1-30-27-40-38-17-10-18-39-45-37-16-9-8-15-34(37)21-26-43(45)50(47(38)39)48-41-29-35(32-13-6-3-7-14-32)22-25-42(41)49(44(28-30)46(40)48)36-23-19-33(20-24-36)31-11-4-2-5-12-31/h2-29H,1H3. The minimum absolute atomic E-state index is 0.00941. The monoisotopic (exact) mass is 634 g/mol. The van der Waals surface area contributed by atoms with Crippen LogP contribution in [0, 0.1) is 6.92 Å². The molecule has 3 heteroatoms. The van der Waals surface area contributed by atoms with Gasteiger partial charge in [0.1, 0.15) is 0 Å². The van der Waals surface area contributed by atoms with E-state index in [0.717, 1.165) is 5.69 Å². The van der Waals surface area contributed by atoms with Crippen LogP contribution in [0.25, 0.3) is 66.0 Å². The Balaban J connectivity index is 1.24. The molecule has 0 N–H and O–H groups in total. The molecule has 0 saturated heterocycles. The van der Waals surface area contributed by atoms with Gasteiger partial charge in [0.25, 0.3) is 0 Å². The lowest BCUT2D eigenvalue weighted by atomic mass is 9.45. The van der Waals surface area contributed by atoms with Crippen molar-refractivity contribution < 1.29 is 0 Å². The molecule has 232 valence electrons. The van der Waals surface area contributed by atoms with Crippen LogP contribution in [0.15, 0.2) is 170 Å². The molecule has 0 saturated carbocycles. The summed E-state index contributed by atoms with van der Waals surface area (Å²) >= 11 is 0. The van der Waals surface area contributed by atoms with Gasteiger partial charge in [-0.3, -0.25) is 0 Å². The first-order valence-electron chi connectivity index (χ1n) is 17.5. The molecule has 2 nitrogen and oxygen atoms in total. The number of hydrogen-bond acceptors (Lipinski definition) is 1. The maximum atomic E-state index is 2.66. The SMILES string of the molecule is Cc1cc2c3c(c1)N(c1ccc(-c4ccccc4)cc1)c1ccc(-c4ccccc4)cc1B3n1c3ccc4ccccc4c3c3cccc-2c31. The summed E-state index contributed by atoms with van der Waals surface area (Å²) in [6.07, 6.45) is 0. The van der Waals surface area contributed by atoms with Crippen LogP contribution in [0.5, 0.6) is 0 Å². The van der Waals surface area contributed by atoms with Crippen molar-refractivity contribution in [2.24, 2.45) is 0 Å². The Morgan fingerprint density at radius 1 is 0.480 bits per heavy atom. The maximum absolute atomic E-state index is 2.66. The molecule has 0 unspecified atom stereocenters. The van der Waals surface area contributed by atoms with E-state index in [-0.39, 0.29) is 6.85 Å². The van der Waals surface area contributed by atoms with Gasteiger partial charge < -0.3 is 9.38 Å². The molecule has 2 aliphatic heterocycles. The maximum Gasteiger partial charge on any atom is 0.333 e. The van der Waals surface area contributed by atoms with Gasteiger partial charge >= 0.3 is 6.85 Å². The van der Waals surface area contributed by atoms with E-state index in [1.807, 2.05) is 0 Å². The van der Waals surface area contributed by atoms with Gasteiger partial charge in [-0.05, 0) is 92.3 Å². The van der Waals surface area contributed by atoms with E-state index in [4.69, 9.17) is 0 Å². The van der Waals surface area contributed by atoms with Gasteiger partial charge in [-0.15, -0.1) is 0 Å². The minimum atomic E-state index is 0.00941. The topological polar surface area (TPSA) is 8.17 Å². The highest BCUT2D eigenvalue weighted by molar-refractivity contribution is 6.90. The average Bonchev–Trinajstić information content (AvgIpc) is 3.52. The molecule has 0 radical (unpaired) electrons. The molecule has 0 atom stereocenters. The smallest absolute Gasteiger partial charge is 0.333 e. The van der Waals surface area contributed by atoms with Crippen molar-refractivity contribution >= 4 is 67.4 Å². The van der Waals surface area contributed by atoms with Crippen LogP contribution in [0.2, 0.25) is 0 Å². The second-order valence-corrected chi connectivity index (χ2v) is 13.8. The highest BCUT2D eigenvalue weighted by Gasteiger charge is 2.43. The highest BCUT2D eigenvalue weighted by atomic mass is 15.2. The lowest BCUT2D eigenvalue weighted by molar-refractivity contribution is 1.25. The van der Waals surface area contributed by atoms with Crippen molar-refractivity contribution in [3.05, 3.63) is 175 Å². The Labute approximate surface area is 291 Å². The molecular formula is C47H31BN2. The van der Waals surface area contributed by atoms with Crippen LogP contribution in [0.3, 0.4) is 0 Å². The number of nitrogens with zero attached hydrogens (tertiary/aromatic N) is 2. The number of rotatable bonds is 3. The van der Waals surface area contributed by atoms with Crippen LogP contribution >= 0.6 is 0 Å². The molecule has 50 heavy (non-hydrogen) atoms. The summed E-state index contributed by atoms with van der Waals surface area (Å²) < 4.78 is 2.66. The van der Waals surface area contributed by atoms with Crippen LogP contribution < -0.4 is 15.8 Å². The molecule has 0 aliphatic carbocycles. The highest BCUT2D eigenvalue weighted by Crippen LogP contribution is 2.47. The first-order valence-corrected chi connectivity index (χ1v) is 17.5. The Morgan fingerprint density at radius 2 is 1.16 bits per heavy atom. The summed E-state index contributed by atoms with van der Waals surface area (Å²) in [5.74, 6) is 0. The third-order valence-corrected chi connectivity index (χ3v) is 11.0. The molecule has 3 heterocycles. The average molecular weight is 635 g/mol. The zero-order valence-corrected chi connectivity index (χ0v) is 27.6. The first kappa shape index (κ1) is 27.6. The van der Waals surface area contributed by atoms with E-state index in [2.05, 4.69) is 186 Å². The number of para-hydroxylation sites is 1. The van der Waals surface area contributed by atoms with Gasteiger partial charge in [0.15, 0.2) is 0 Å². The third kappa shape index (κ3) is 3.80. The molecule has 11 rings (SSSR count). The quantitative estimate of drug-likeness (QED) is 0.176. The lowest BCUT2D eigenvalue weighted by Crippen LogP contribution is -2.56. The Bertz CT molecular complexity index is 2820. The molecule has 0 fully saturated rings. The fraction of sp³-hybridized carbons (Fsp3) is 0.0213. The van der Waals surface area contributed by atoms with Gasteiger partial charge in [0.05, 0.1) is 0 Å². The number of aromatic nitrogens is 1. The predicted molar refractivity (Wildman–Crippen MR) is 213 cm³/mol. The molecule has 0 bridgehead atoms. The molecule has 1 aromatic heterocycles. The van der Waals surface area contributed by atoms with Gasteiger partial charge in [0.2, 0.25) is 0 Å². The fourth-order valence-electron chi connectivity index (χ4n) is 8.88. The Kier molecular flexibility index (Phi) is 5.71. The summed E-state index contributed by atoms with van der Waals surface area (Å²) in [4.78, 5) is 2.51. The van der Waals surface area contributed by atoms with Crippen LogP contribution in [-0.4, -0.2) is 11.3 Å². The van der Waals surface area contributed by atoms with Crippen molar-refractivity contribution in [3.8, 4) is 33.4 Å². The number of aryl methyl sites for hydroxylation is 1. The summed E-state index contributed by atoms with van der Waals surface area (Å²) in [5, 5.41) is 5.24. The van der Waals surface area contributed by atoms with E-state index < -0.39 is 0 Å². The number of anilines is 3. The molecule has 0 spiro atoms. The summed E-state index contributed by atoms with van der Waals surface area (Å²) in [6.45, 7) is 2.25. The minimum Gasteiger partial charge on any atom is -0.375 e. The Morgan fingerprint density at radius 3 is 1.96 bits per heavy atom. The number of benzene rings is 8. The van der Waals surface area contributed by atoms with Gasteiger partial charge in [-0.25, -0.2) is 0 Å². The van der Waals surface area contributed by atoms with Crippen LogP contribution in [0.1, 0.15) is 5.56 Å². The molecule has 9 aromatic rings. The van der Waals surface area contributed by atoms with Gasteiger partial charge in [0, 0.05) is 44.4 Å². The molecule has 8 aromatic carbocycles. The van der Waals surface area contributed by atoms with Gasteiger partial charge in [-0.2, -0.15) is 0 Å². The third-order valence-electron chi connectivity index (χ3n) is 11.0. The normalized spacial score (nSPS) is 12.8. The Hall–Kier alpha value is -6.32. The van der Waals surface area contributed by atoms with E-state index in [1.54, 1.807) is 0 Å². The number of fused-ring (bicyclic) bond motifs is 9. The van der Waals surface area contributed by atoms with E-state index >= 15 is 0 Å². The lowest BCUT2D eigenvalue weighted by Gasteiger charge is -2.41. The second kappa shape index (κ2) is 10.3. The summed E-state index contributed by atoms with van der Waals surface area (Å²) in [6, 6.07) is 62.9.